The molecule has 2 heterocycles. The minimum Gasteiger partial charge on any atom is -0.394 e. The second-order valence-electron chi connectivity index (χ2n) is 4.28. The van der Waals surface area contributed by atoms with E-state index < -0.39 is 0 Å². The predicted octanol–water partition coefficient (Wildman–Crippen LogP) is 0.0620. The average Bonchev–Trinajstić information content (AvgIpc) is 2.67. The van der Waals surface area contributed by atoms with Gasteiger partial charge in [0, 0.05) is 5.92 Å². The molecule has 14 heavy (non-hydrogen) atoms. The number of piperidine rings is 1. The molecule has 2 saturated heterocycles. The zero-order valence-electron chi connectivity index (χ0n) is 8.69. The van der Waals surface area contributed by atoms with Crippen molar-refractivity contribution in [3.05, 3.63) is 0 Å². The molecular weight excluding hydrogens is 182 g/mol. The third kappa shape index (κ3) is 2.25. The molecule has 2 aliphatic heterocycles. The van der Waals surface area contributed by atoms with Gasteiger partial charge in [-0.1, -0.05) is 0 Å². The quantitative estimate of drug-likeness (QED) is 0.686. The maximum absolute atomic E-state index is 8.91. The Morgan fingerprint density at radius 1 is 1.36 bits per heavy atom. The number of rotatable bonds is 2. The van der Waals surface area contributed by atoms with Gasteiger partial charge in [-0.15, -0.1) is 0 Å². The summed E-state index contributed by atoms with van der Waals surface area (Å²) in [6.07, 6.45) is 2.11. The first kappa shape index (κ1) is 10.4. The van der Waals surface area contributed by atoms with Gasteiger partial charge in [0.15, 0.2) is 6.29 Å². The first-order valence-electron chi connectivity index (χ1n) is 5.36. The van der Waals surface area contributed by atoms with Crippen molar-refractivity contribution < 1.29 is 14.6 Å². The van der Waals surface area contributed by atoms with Gasteiger partial charge in [-0.25, -0.2) is 0 Å². The van der Waals surface area contributed by atoms with Crippen molar-refractivity contribution in [1.29, 1.82) is 0 Å². The van der Waals surface area contributed by atoms with Crippen molar-refractivity contribution in [2.75, 3.05) is 33.4 Å². The summed E-state index contributed by atoms with van der Waals surface area (Å²) in [6, 6.07) is 0. The highest BCUT2D eigenvalue weighted by molar-refractivity contribution is 4.76. The third-order valence-electron chi connectivity index (χ3n) is 3.12. The Hall–Kier alpha value is -0.160. The fourth-order valence-electron chi connectivity index (χ4n) is 2.11. The second kappa shape index (κ2) is 4.57. The highest BCUT2D eigenvalue weighted by Gasteiger charge is 2.33. The van der Waals surface area contributed by atoms with E-state index in [0.29, 0.717) is 12.5 Å². The van der Waals surface area contributed by atoms with E-state index in [9.17, 15) is 0 Å². The van der Waals surface area contributed by atoms with E-state index in [1.54, 1.807) is 0 Å². The van der Waals surface area contributed by atoms with Gasteiger partial charge in [0.2, 0.25) is 0 Å². The normalized spacial score (nSPS) is 36.4. The SMILES string of the molecule is CN1CCC(C2OCC(CO)O2)CC1. The van der Waals surface area contributed by atoms with E-state index >= 15 is 0 Å². The van der Waals surface area contributed by atoms with Crippen LogP contribution in [0, 0.1) is 5.92 Å². The first-order valence-corrected chi connectivity index (χ1v) is 5.36. The topological polar surface area (TPSA) is 41.9 Å². The van der Waals surface area contributed by atoms with Gasteiger partial charge in [-0.05, 0) is 33.0 Å². The molecule has 2 aliphatic rings. The zero-order valence-corrected chi connectivity index (χ0v) is 8.69. The van der Waals surface area contributed by atoms with Crippen LogP contribution in [0.15, 0.2) is 0 Å². The number of ether oxygens (including phenoxy) is 2. The summed E-state index contributed by atoms with van der Waals surface area (Å²) in [6.45, 7) is 2.87. The summed E-state index contributed by atoms with van der Waals surface area (Å²) in [7, 11) is 2.14. The lowest BCUT2D eigenvalue weighted by atomic mass is 9.97. The van der Waals surface area contributed by atoms with Crippen LogP contribution in [-0.4, -0.2) is 55.8 Å². The van der Waals surface area contributed by atoms with E-state index in [2.05, 4.69) is 11.9 Å². The Balaban J connectivity index is 1.79. The summed E-state index contributed by atoms with van der Waals surface area (Å²) in [5.74, 6) is 0.516. The lowest BCUT2D eigenvalue weighted by Crippen LogP contribution is -2.36. The summed E-state index contributed by atoms with van der Waals surface area (Å²) >= 11 is 0. The van der Waals surface area contributed by atoms with E-state index in [-0.39, 0.29) is 19.0 Å². The Kier molecular flexibility index (Phi) is 3.38. The molecular formula is C10H19NO3. The van der Waals surface area contributed by atoms with Crippen LogP contribution in [0.1, 0.15) is 12.8 Å². The lowest BCUT2D eigenvalue weighted by molar-refractivity contribution is -0.113. The maximum atomic E-state index is 8.91. The standard InChI is InChI=1S/C10H19NO3/c1-11-4-2-8(3-5-11)10-13-7-9(6-12)14-10/h8-10,12H,2-7H2,1H3. The fraction of sp³-hybridized carbons (Fsp3) is 1.00. The smallest absolute Gasteiger partial charge is 0.161 e. The van der Waals surface area contributed by atoms with E-state index in [1.165, 1.54) is 0 Å². The number of hydrogen-bond acceptors (Lipinski definition) is 4. The minimum absolute atomic E-state index is 0.0687. The molecule has 4 nitrogen and oxygen atoms in total. The molecule has 4 heteroatoms. The van der Waals surface area contributed by atoms with Gasteiger partial charge >= 0.3 is 0 Å². The van der Waals surface area contributed by atoms with Gasteiger partial charge in [-0.3, -0.25) is 0 Å². The van der Waals surface area contributed by atoms with Crippen LogP contribution in [0.4, 0.5) is 0 Å². The van der Waals surface area contributed by atoms with Gasteiger partial charge in [0.25, 0.3) is 0 Å². The van der Waals surface area contributed by atoms with E-state index in [1.807, 2.05) is 0 Å². The molecule has 0 aromatic heterocycles. The largest absolute Gasteiger partial charge is 0.394 e. The molecule has 0 saturated carbocycles. The van der Waals surface area contributed by atoms with Crippen molar-refractivity contribution in [3.63, 3.8) is 0 Å². The van der Waals surface area contributed by atoms with Crippen LogP contribution in [0.2, 0.25) is 0 Å². The number of likely N-dealkylation sites (tertiary alicyclic amines) is 1. The molecule has 82 valence electrons. The molecule has 0 spiro atoms. The molecule has 2 atom stereocenters. The monoisotopic (exact) mass is 201 g/mol. The number of nitrogens with zero attached hydrogens (tertiary/aromatic N) is 1. The highest BCUT2D eigenvalue weighted by atomic mass is 16.7. The summed E-state index contributed by atoms with van der Waals surface area (Å²) in [4.78, 5) is 2.33. The summed E-state index contributed by atoms with van der Waals surface area (Å²) in [5, 5.41) is 8.91. The van der Waals surface area contributed by atoms with Gasteiger partial charge < -0.3 is 19.5 Å². The molecule has 0 aromatic rings. The Labute approximate surface area is 84.8 Å². The van der Waals surface area contributed by atoms with Crippen LogP contribution in [0.25, 0.3) is 0 Å². The minimum atomic E-state index is -0.0975. The number of aliphatic hydroxyl groups excluding tert-OH is 1. The number of aliphatic hydroxyl groups is 1. The molecule has 0 bridgehead atoms. The molecule has 2 unspecified atom stereocenters. The molecule has 2 fully saturated rings. The van der Waals surface area contributed by atoms with Crippen molar-refractivity contribution in [1.82, 2.24) is 4.90 Å². The van der Waals surface area contributed by atoms with Crippen molar-refractivity contribution in [2.45, 2.75) is 25.2 Å². The fourth-order valence-corrected chi connectivity index (χ4v) is 2.11. The van der Waals surface area contributed by atoms with E-state index in [4.69, 9.17) is 14.6 Å². The van der Waals surface area contributed by atoms with Crippen LogP contribution in [0.3, 0.4) is 0 Å². The lowest BCUT2D eigenvalue weighted by Gasteiger charge is -2.31. The highest BCUT2D eigenvalue weighted by Crippen LogP contribution is 2.27. The predicted molar refractivity (Wildman–Crippen MR) is 51.9 cm³/mol. The maximum Gasteiger partial charge on any atom is 0.161 e. The van der Waals surface area contributed by atoms with Gasteiger partial charge in [0.1, 0.15) is 6.10 Å². The van der Waals surface area contributed by atoms with Gasteiger partial charge in [-0.2, -0.15) is 0 Å². The van der Waals surface area contributed by atoms with Crippen LogP contribution in [-0.2, 0) is 9.47 Å². The van der Waals surface area contributed by atoms with E-state index in [0.717, 1.165) is 25.9 Å². The molecule has 1 N–H and O–H groups in total. The molecule has 0 amide bonds. The first-order chi connectivity index (χ1) is 6.79. The Morgan fingerprint density at radius 3 is 2.64 bits per heavy atom. The molecule has 0 radical (unpaired) electrons. The second-order valence-corrected chi connectivity index (χ2v) is 4.28. The van der Waals surface area contributed by atoms with Crippen molar-refractivity contribution >= 4 is 0 Å². The summed E-state index contributed by atoms with van der Waals surface area (Å²) < 4.78 is 11.1. The summed E-state index contributed by atoms with van der Waals surface area (Å²) in [5.41, 5.74) is 0. The molecule has 2 rings (SSSR count). The van der Waals surface area contributed by atoms with Gasteiger partial charge in [0.05, 0.1) is 13.2 Å². The van der Waals surface area contributed by atoms with Crippen molar-refractivity contribution in [3.8, 4) is 0 Å². The molecule has 0 aromatic carbocycles. The van der Waals surface area contributed by atoms with Crippen LogP contribution in [0.5, 0.6) is 0 Å². The zero-order chi connectivity index (χ0) is 9.97. The van der Waals surface area contributed by atoms with Crippen molar-refractivity contribution in [2.24, 2.45) is 5.92 Å². The molecule has 0 aliphatic carbocycles. The Morgan fingerprint density at radius 2 is 2.07 bits per heavy atom. The van der Waals surface area contributed by atoms with Crippen LogP contribution < -0.4 is 0 Å². The van der Waals surface area contributed by atoms with Crippen LogP contribution >= 0.6 is 0 Å². The number of hydrogen-bond donors (Lipinski definition) is 1. The average molecular weight is 201 g/mol. The Bertz CT molecular complexity index is 180. The third-order valence-corrected chi connectivity index (χ3v) is 3.12.